The molecule has 0 saturated carbocycles. The third-order valence-corrected chi connectivity index (χ3v) is 4.62. The Kier molecular flexibility index (Phi) is 4.99. The molecule has 0 heterocycles. The molecule has 25 heavy (non-hydrogen) atoms. The van der Waals surface area contributed by atoms with Crippen LogP contribution in [0.3, 0.4) is 0 Å². The lowest BCUT2D eigenvalue weighted by Crippen LogP contribution is -2.02. The number of hydrogen-bond donors (Lipinski definition) is 1. The molecule has 3 rings (SSSR count). The van der Waals surface area contributed by atoms with Crippen LogP contribution in [0.1, 0.15) is 12.5 Å². The second-order valence-electron chi connectivity index (χ2n) is 5.45. The molecule has 0 aliphatic carbocycles. The molecule has 3 nitrogen and oxygen atoms in total. The van der Waals surface area contributed by atoms with Gasteiger partial charge in [-0.25, -0.2) is 8.78 Å². The van der Waals surface area contributed by atoms with Gasteiger partial charge in [0.15, 0.2) is 0 Å². The molecule has 0 aliphatic heterocycles. The second kappa shape index (κ2) is 7.19. The summed E-state index contributed by atoms with van der Waals surface area (Å²) in [5.41, 5.74) is 4.38. The minimum absolute atomic E-state index is 0.237. The van der Waals surface area contributed by atoms with Crippen molar-refractivity contribution in [1.82, 2.24) is 0 Å². The van der Waals surface area contributed by atoms with Gasteiger partial charge in [0.1, 0.15) is 17.4 Å². The quantitative estimate of drug-likeness (QED) is 0.445. The fourth-order valence-corrected chi connectivity index (χ4v) is 3.31. The Balaban J connectivity index is 2.01. The van der Waals surface area contributed by atoms with E-state index < -0.39 is 11.6 Å². The lowest BCUT2D eigenvalue weighted by Gasteiger charge is -2.12. The Morgan fingerprint density at radius 2 is 1.68 bits per heavy atom. The molecule has 0 radical (unpaired) electrons. The highest BCUT2D eigenvalue weighted by atomic mass is 79.9. The van der Waals surface area contributed by atoms with E-state index in [2.05, 4.69) is 26.5 Å². The third kappa shape index (κ3) is 3.64. The summed E-state index contributed by atoms with van der Waals surface area (Å²) in [7, 11) is 1.61. The van der Waals surface area contributed by atoms with Crippen molar-refractivity contribution in [2.75, 3.05) is 12.5 Å². The number of hydrogen-bond acceptors (Lipinski definition) is 3. The van der Waals surface area contributed by atoms with Crippen molar-refractivity contribution in [2.45, 2.75) is 6.92 Å². The Labute approximate surface area is 152 Å². The number of benzene rings is 3. The zero-order valence-corrected chi connectivity index (χ0v) is 15.2. The lowest BCUT2D eigenvalue weighted by molar-refractivity contribution is 0.419. The third-order valence-electron chi connectivity index (χ3n) is 3.77. The Bertz CT molecular complexity index is 953. The number of halogens is 3. The molecule has 0 amide bonds. The summed E-state index contributed by atoms with van der Waals surface area (Å²) in [6, 6.07) is 12.9. The first-order valence-corrected chi connectivity index (χ1v) is 8.31. The fraction of sp³-hybridized carbons (Fsp3) is 0.105. The standard InChI is InChI=1S/C19H15BrF2N2O/c1-11(23-24-14-8-12(21)7-13(22)9-14)17-10-18(25-2)15-5-3-4-6-16(15)19(17)20/h3-10,24H,1-2H3. The molecule has 6 heteroatoms. The van der Waals surface area contributed by atoms with Gasteiger partial charge in [0.25, 0.3) is 0 Å². The molecular formula is C19H15BrF2N2O. The largest absolute Gasteiger partial charge is 0.496 e. The predicted octanol–water partition coefficient (Wildman–Crippen LogP) is 5.73. The van der Waals surface area contributed by atoms with Crippen molar-refractivity contribution < 1.29 is 13.5 Å². The smallest absolute Gasteiger partial charge is 0.128 e. The maximum atomic E-state index is 13.3. The van der Waals surface area contributed by atoms with E-state index in [1.807, 2.05) is 30.3 Å². The van der Waals surface area contributed by atoms with Gasteiger partial charge in [-0.15, -0.1) is 0 Å². The van der Waals surface area contributed by atoms with Crippen LogP contribution in [0, 0.1) is 11.6 Å². The first-order chi connectivity index (χ1) is 12.0. The van der Waals surface area contributed by atoms with E-state index in [1.165, 1.54) is 12.1 Å². The molecule has 1 N–H and O–H groups in total. The topological polar surface area (TPSA) is 33.6 Å². The summed E-state index contributed by atoms with van der Waals surface area (Å²) in [6.07, 6.45) is 0. The molecule has 3 aromatic rings. The van der Waals surface area contributed by atoms with Gasteiger partial charge in [-0.2, -0.15) is 5.10 Å². The minimum Gasteiger partial charge on any atom is -0.496 e. The molecule has 0 unspecified atom stereocenters. The highest BCUT2D eigenvalue weighted by molar-refractivity contribution is 9.10. The molecule has 0 aliphatic rings. The minimum atomic E-state index is -0.663. The molecule has 0 atom stereocenters. The van der Waals surface area contributed by atoms with Crippen molar-refractivity contribution in [3.63, 3.8) is 0 Å². The van der Waals surface area contributed by atoms with Crippen LogP contribution in [0.4, 0.5) is 14.5 Å². The highest BCUT2D eigenvalue weighted by Gasteiger charge is 2.12. The van der Waals surface area contributed by atoms with E-state index in [-0.39, 0.29) is 5.69 Å². The molecule has 0 fully saturated rings. The summed E-state index contributed by atoms with van der Waals surface area (Å²) >= 11 is 3.61. The monoisotopic (exact) mass is 404 g/mol. The van der Waals surface area contributed by atoms with Crippen molar-refractivity contribution in [3.05, 3.63) is 70.2 Å². The summed E-state index contributed by atoms with van der Waals surface area (Å²) < 4.78 is 32.9. The number of hydrazone groups is 1. The predicted molar refractivity (Wildman–Crippen MR) is 100 cm³/mol. The summed E-state index contributed by atoms with van der Waals surface area (Å²) in [6.45, 7) is 1.80. The Morgan fingerprint density at radius 3 is 2.32 bits per heavy atom. The van der Waals surface area contributed by atoms with Gasteiger partial charge in [0.2, 0.25) is 0 Å². The van der Waals surface area contributed by atoms with E-state index in [9.17, 15) is 8.78 Å². The molecule has 3 aromatic carbocycles. The van der Waals surface area contributed by atoms with Crippen LogP contribution in [0.2, 0.25) is 0 Å². The van der Waals surface area contributed by atoms with Crippen molar-refractivity contribution in [2.24, 2.45) is 5.10 Å². The number of rotatable bonds is 4. The number of nitrogens with one attached hydrogen (secondary N) is 1. The van der Waals surface area contributed by atoms with Crippen LogP contribution >= 0.6 is 15.9 Å². The van der Waals surface area contributed by atoms with Crippen LogP contribution in [0.5, 0.6) is 5.75 Å². The second-order valence-corrected chi connectivity index (χ2v) is 6.25. The molecule has 128 valence electrons. The average Bonchev–Trinajstić information content (AvgIpc) is 2.59. The molecule has 0 spiro atoms. The van der Waals surface area contributed by atoms with Gasteiger partial charge in [0.05, 0.1) is 18.5 Å². The molecular weight excluding hydrogens is 390 g/mol. The van der Waals surface area contributed by atoms with E-state index >= 15 is 0 Å². The van der Waals surface area contributed by atoms with Gasteiger partial charge in [-0.05, 0) is 41.1 Å². The van der Waals surface area contributed by atoms with Crippen LogP contribution in [0.15, 0.2) is 58.1 Å². The SMILES string of the molecule is COc1cc(C(C)=NNc2cc(F)cc(F)c2)c(Br)c2ccccc12. The van der Waals surface area contributed by atoms with Gasteiger partial charge in [-0.3, -0.25) is 5.43 Å². The van der Waals surface area contributed by atoms with Gasteiger partial charge >= 0.3 is 0 Å². The van der Waals surface area contributed by atoms with Crippen molar-refractivity contribution in [3.8, 4) is 5.75 Å². The summed E-state index contributed by atoms with van der Waals surface area (Å²) in [4.78, 5) is 0. The maximum absolute atomic E-state index is 13.3. The lowest BCUT2D eigenvalue weighted by atomic mass is 10.0. The molecule has 0 bridgehead atoms. The van der Waals surface area contributed by atoms with E-state index in [0.717, 1.165) is 32.6 Å². The molecule has 0 aromatic heterocycles. The van der Waals surface area contributed by atoms with E-state index in [0.29, 0.717) is 5.71 Å². The van der Waals surface area contributed by atoms with Gasteiger partial charge < -0.3 is 4.74 Å². The normalized spacial score (nSPS) is 11.6. The van der Waals surface area contributed by atoms with E-state index in [4.69, 9.17) is 4.74 Å². The van der Waals surface area contributed by atoms with Crippen molar-refractivity contribution in [1.29, 1.82) is 0 Å². The average molecular weight is 405 g/mol. The van der Waals surface area contributed by atoms with Gasteiger partial charge in [-0.1, -0.05) is 24.3 Å². The number of fused-ring (bicyclic) bond motifs is 1. The fourth-order valence-electron chi connectivity index (χ4n) is 2.57. The van der Waals surface area contributed by atoms with Crippen LogP contribution < -0.4 is 10.2 Å². The Hall–Kier alpha value is -2.47. The van der Waals surface area contributed by atoms with Gasteiger partial charge in [0, 0.05) is 26.9 Å². The van der Waals surface area contributed by atoms with Crippen molar-refractivity contribution >= 4 is 38.1 Å². The number of ether oxygens (including phenoxy) is 1. The summed E-state index contributed by atoms with van der Waals surface area (Å²) in [5.74, 6) is -0.604. The molecule has 0 saturated heterocycles. The number of methoxy groups -OCH3 is 1. The summed E-state index contributed by atoms with van der Waals surface area (Å²) in [5, 5.41) is 6.21. The number of nitrogens with zero attached hydrogens (tertiary/aromatic N) is 1. The van der Waals surface area contributed by atoms with Crippen LogP contribution in [0.25, 0.3) is 10.8 Å². The number of anilines is 1. The van der Waals surface area contributed by atoms with Crippen LogP contribution in [-0.4, -0.2) is 12.8 Å². The zero-order chi connectivity index (χ0) is 18.0. The maximum Gasteiger partial charge on any atom is 0.128 e. The first kappa shape index (κ1) is 17.4. The zero-order valence-electron chi connectivity index (χ0n) is 13.6. The highest BCUT2D eigenvalue weighted by Crippen LogP contribution is 2.35. The van der Waals surface area contributed by atoms with E-state index in [1.54, 1.807) is 14.0 Å². The Morgan fingerprint density at radius 1 is 1.04 bits per heavy atom. The first-order valence-electron chi connectivity index (χ1n) is 7.51. The van der Waals surface area contributed by atoms with Crippen LogP contribution in [-0.2, 0) is 0 Å².